The molecule has 1 atom stereocenters. The molecule has 2 heterocycles. The zero-order valence-corrected chi connectivity index (χ0v) is 13.8. The molecule has 0 aliphatic carbocycles. The van der Waals surface area contributed by atoms with Crippen LogP contribution in [-0.2, 0) is 6.54 Å². The number of nitrogens with one attached hydrogen (secondary N) is 2. The Labute approximate surface area is 141 Å². The quantitative estimate of drug-likeness (QED) is 0.741. The van der Waals surface area contributed by atoms with Gasteiger partial charge in [-0.3, -0.25) is 0 Å². The topological polar surface area (TPSA) is 46.3 Å². The van der Waals surface area contributed by atoms with Crippen LogP contribution in [0.1, 0.15) is 30.5 Å². The molecule has 0 bridgehead atoms. The molecule has 124 valence electrons. The summed E-state index contributed by atoms with van der Waals surface area (Å²) in [5, 5.41) is 4.96. The van der Waals surface area contributed by atoms with Crippen molar-refractivity contribution in [1.82, 2.24) is 10.3 Å². The van der Waals surface area contributed by atoms with Crippen LogP contribution in [0.4, 0.5) is 0 Å². The first kappa shape index (κ1) is 15.1. The van der Waals surface area contributed by atoms with Crippen molar-refractivity contribution in [3.8, 4) is 11.5 Å². The minimum atomic E-state index is 0.287. The van der Waals surface area contributed by atoms with E-state index < -0.39 is 0 Å². The Morgan fingerprint density at radius 1 is 1.08 bits per heavy atom. The van der Waals surface area contributed by atoms with E-state index in [2.05, 4.69) is 53.6 Å². The van der Waals surface area contributed by atoms with E-state index in [4.69, 9.17) is 9.47 Å². The minimum absolute atomic E-state index is 0.287. The van der Waals surface area contributed by atoms with Gasteiger partial charge in [-0.05, 0) is 41.8 Å². The van der Waals surface area contributed by atoms with Gasteiger partial charge in [0, 0.05) is 29.7 Å². The summed E-state index contributed by atoms with van der Waals surface area (Å²) in [6, 6.07) is 15.1. The summed E-state index contributed by atoms with van der Waals surface area (Å²) in [6.07, 6.45) is 3.01. The van der Waals surface area contributed by atoms with Gasteiger partial charge in [0.15, 0.2) is 11.5 Å². The van der Waals surface area contributed by atoms with E-state index in [0.717, 1.165) is 24.5 Å². The highest BCUT2D eigenvalue weighted by Crippen LogP contribution is 2.33. The number of fused-ring (bicyclic) bond motifs is 2. The van der Waals surface area contributed by atoms with Crippen molar-refractivity contribution in [2.45, 2.75) is 25.9 Å². The van der Waals surface area contributed by atoms with Crippen LogP contribution in [-0.4, -0.2) is 18.2 Å². The normalized spacial score (nSPS) is 14.7. The van der Waals surface area contributed by atoms with Crippen molar-refractivity contribution >= 4 is 10.9 Å². The fraction of sp³-hybridized carbons (Fsp3) is 0.300. The Hall–Kier alpha value is -2.46. The maximum absolute atomic E-state index is 5.71. The maximum Gasteiger partial charge on any atom is 0.161 e. The molecule has 1 aromatic heterocycles. The molecule has 1 aliphatic rings. The summed E-state index contributed by atoms with van der Waals surface area (Å²) in [5.74, 6) is 1.70. The lowest BCUT2D eigenvalue weighted by Crippen LogP contribution is -2.21. The van der Waals surface area contributed by atoms with Gasteiger partial charge >= 0.3 is 0 Å². The standard InChI is InChI=1S/C20H22N2O2/c1-2-17(14-6-7-19-20(12-14)24-11-10-23-19)22-13-15-4-3-5-18-16(15)8-9-21-18/h3-9,12,17,21-22H,2,10-11,13H2,1H3. The van der Waals surface area contributed by atoms with Gasteiger partial charge in [0.25, 0.3) is 0 Å². The van der Waals surface area contributed by atoms with E-state index in [1.807, 2.05) is 12.3 Å². The Kier molecular flexibility index (Phi) is 4.13. The second-order valence-electron chi connectivity index (χ2n) is 6.10. The average Bonchev–Trinajstić information content (AvgIpc) is 3.11. The summed E-state index contributed by atoms with van der Waals surface area (Å²) in [5.41, 5.74) is 3.73. The third-order valence-electron chi connectivity index (χ3n) is 4.60. The monoisotopic (exact) mass is 322 g/mol. The predicted octanol–water partition coefficient (Wildman–Crippen LogP) is 4.18. The first-order valence-electron chi connectivity index (χ1n) is 8.53. The summed E-state index contributed by atoms with van der Waals surface area (Å²) in [7, 11) is 0. The Balaban J connectivity index is 1.53. The molecule has 0 saturated carbocycles. The van der Waals surface area contributed by atoms with Crippen LogP contribution in [0.3, 0.4) is 0 Å². The number of benzene rings is 2. The molecule has 4 rings (SSSR count). The number of H-pyrrole nitrogens is 1. The molecule has 2 N–H and O–H groups in total. The molecule has 0 spiro atoms. The lowest BCUT2D eigenvalue weighted by molar-refractivity contribution is 0.171. The van der Waals surface area contributed by atoms with Crippen molar-refractivity contribution in [1.29, 1.82) is 0 Å². The van der Waals surface area contributed by atoms with E-state index >= 15 is 0 Å². The summed E-state index contributed by atoms with van der Waals surface area (Å²) < 4.78 is 11.3. The fourth-order valence-corrected chi connectivity index (χ4v) is 3.31. The SMILES string of the molecule is CCC(NCc1cccc2[nH]ccc12)c1ccc2c(c1)OCCO2. The van der Waals surface area contributed by atoms with Crippen molar-refractivity contribution in [2.75, 3.05) is 13.2 Å². The zero-order valence-electron chi connectivity index (χ0n) is 13.8. The fourth-order valence-electron chi connectivity index (χ4n) is 3.31. The molecule has 24 heavy (non-hydrogen) atoms. The van der Waals surface area contributed by atoms with Crippen molar-refractivity contribution in [3.63, 3.8) is 0 Å². The van der Waals surface area contributed by atoms with Crippen molar-refractivity contribution in [3.05, 3.63) is 59.8 Å². The van der Waals surface area contributed by atoms with Gasteiger partial charge in [-0.2, -0.15) is 0 Å². The van der Waals surface area contributed by atoms with E-state index in [0.29, 0.717) is 13.2 Å². The Morgan fingerprint density at radius 2 is 1.96 bits per heavy atom. The zero-order chi connectivity index (χ0) is 16.4. The number of aromatic amines is 1. The molecule has 4 heteroatoms. The van der Waals surface area contributed by atoms with Gasteiger partial charge in [-0.15, -0.1) is 0 Å². The van der Waals surface area contributed by atoms with E-state index in [-0.39, 0.29) is 6.04 Å². The lowest BCUT2D eigenvalue weighted by atomic mass is 10.0. The van der Waals surface area contributed by atoms with E-state index in [9.17, 15) is 0 Å². The molecule has 0 fully saturated rings. The Bertz CT molecular complexity index is 841. The summed E-state index contributed by atoms with van der Waals surface area (Å²) >= 11 is 0. The molecule has 4 nitrogen and oxygen atoms in total. The highest BCUT2D eigenvalue weighted by atomic mass is 16.6. The molecule has 1 aliphatic heterocycles. The van der Waals surface area contributed by atoms with Crippen LogP contribution in [0.25, 0.3) is 10.9 Å². The number of hydrogen-bond donors (Lipinski definition) is 2. The highest BCUT2D eigenvalue weighted by Gasteiger charge is 2.16. The summed E-state index contributed by atoms with van der Waals surface area (Å²) in [6.45, 7) is 4.28. The second kappa shape index (κ2) is 6.57. The third-order valence-corrected chi connectivity index (χ3v) is 4.60. The number of hydrogen-bond acceptors (Lipinski definition) is 3. The van der Waals surface area contributed by atoms with Crippen LogP contribution in [0.15, 0.2) is 48.7 Å². The molecular weight excluding hydrogens is 300 g/mol. The van der Waals surface area contributed by atoms with Gasteiger partial charge in [0.1, 0.15) is 13.2 Å². The van der Waals surface area contributed by atoms with Gasteiger partial charge in [-0.25, -0.2) is 0 Å². The van der Waals surface area contributed by atoms with Crippen LogP contribution < -0.4 is 14.8 Å². The first-order chi connectivity index (χ1) is 11.8. The van der Waals surface area contributed by atoms with E-state index in [1.165, 1.54) is 22.0 Å². The van der Waals surface area contributed by atoms with Crippen LogP contribution in [0.5, 0.6) is 11.5 Å². The van der Waals surface area contributed by atoms with Gasteiger partial charge in [-0.1, -0.05) is 25.1 Å². The van der Waals surface area contributed by atoms with Gasteiger partial charge in [0.2, 0.25) is 0 Å². The third kappa shape index (κ3) is 2.85. The smallest absolute Gasteiger partial charge is 0.161 e. The Morgan fingerprint density at radius 3 is 2.83 bits per heavy atom. The number of aromatic nitrogens is 1. The molecule has 0 radical (unpaired) electrons. The second-order valence-corrected chi connectivity index (χ2v) is 6.10. The average molecular weight is 322 g/mol. The van der Waals surface area contributed by atoms with Gasteiger partial charge < -0.3 is 19.8 Å². The minimum Gasteiger partial charge on any atom is -0.486 e. The molecular formula is C20H22N2O2. The summed E-state index contributed by atoms with van der Waals surface area (Å²) in [4.78, 5) is 3.27. The molecule has 0 saturated heterocycles. The van der Waals surface area contributed by atoms with Crippen LogP contribution in [0.2, 0.25) is 0 Å². The number of rotatable bonds is 5. The van der Waals surface area contributed by atoms with Crippen molar-refractivity contribution < 1.29 is 9.47 Å². The van der Waals surface area contributed by atoms with Crippen LogP contribution in [0, 0.1) is 0 Å². The first-order valence-corrected chi connectivity index (χ1v) is 8.53. The molecule has 3 aromatic rings. The maximum atomic E-state index is 5.71. The lowest BCUT2D eigenvalue weighted by Gasteiger charge is -2.22. The largest absolute Gasteiger partial charge is 0.486 e. The number of ether oxygens (including phenoxy) is 2. The van der Waals surface area contributed by atoms with E-state index in [1.54, 1.807) is 0 Å². The molecule has 0 amide bonds. The van der Waals surface area contributed by atoms with Gasteiger partial charge in [0.05, 0.1) is 0 Å². The molecule has 1 unspecified atom stereocenters. The van der Waals surface area contributed by atoms with Crippen molar-refractivity contribution in [2.24, 2.45) is 0 Å². The van der Waals surface area contributed by atoms with Crippen LogP contribution >= 0.6 is 0 Å². The highest BCUT2D eigenvalue weighted by molar-refractivity contribution is 5.82. The molecule has 2 aromatic carbocycles. The predicted molar refractivity (Wildman–Crippen MR) is 95.6 cm³/mol.